The highest BCUT2D eigenvalue weighted by Crippen LogP contribution is 2.08. The van der Waals surface area contributed by atoms with Crippen LogP contribution in [-0.4, -0.2) is 87.4 Å². The predicted octanol–water partition coefficient (Wildman–Crippen LogP) is -1.33. The zero-order valence-corrected chi connectivity index (χ0v) is 22.9. The van der Waals surface area contributed by atoms with Crippen LogP contribution in [0.25, 0.3) is 0 Å². The molecular formula is C23H41N9O5S. The molecule has 214 valence electrons. The minimum Gasteiger partial charge on any atom is -0.480 e. The van der Waals surface area contributed by atoms with Crippen molar-refractivity contribution in [2.45, 2.75) is 70.1 Å². The second-order valence-corrected chi connectivity index (χ2v) is 10.3. The van der Waals surface area contributed by atoms with Crippen LogP contribution < -0.4 is 33.2 Å². The zero-order chi connectivity index (χ0) is 28.7. The molecule has 0 saturated carbocycles. The van der Waals surface area contributed by atoms with E-state index >= 15 is 0 Å². The van der Waals surface area contributed by atoms with Crippen molar-refractivity contribution in [1.29, 1.82) is 0 Å². The number of aromatic amines is 1. The lowest BCUT2D eigenvalue weighted by molar-refractivity contribution is -0.142. The Morgan fingerprint density at radius 1 is 1.05 bits per heavy atom. The van der Waals surface area contributed by atoms with E-state index in [9.17, 15) is 24.3 Å². The summed E-state index contributed by atoms with van der Waals surface area (Å²) < 4.78 is 0. The molecule has 1 rings (SSSR count). The number of hydrogen-bond acceptors (Lipinski definition) is 8. The van der Waals surface area contributed by atoms with Crippen molar-refractivity contribution in [1.82, 2.24) is 25.9 Å². The number of guanidine groups is 1. The van der Waals surface area contributed by atoms with Gasteiger partial charge in [0.1, 0.15) is 18.1 Å². The Morgan fingerprint density at radius 2 is 1.66 bits per heavy atom. The largest absolute Gasteiger partial charge is 0.480 e. The van der Waals surface area contributed by atoms with Gasteiger partial charge < -0.3 is 43.2 Å². The third kappa shape index (κ3) is 12.8. The Hall–Kier alpha value is -3.33. The monoisotopic (exact) mass is 555 g/mol. The van der Waals surface area contributed by atoms with Crippen molar-refractivity contribution in [3.8, 4) is 0 Å². The second kappa shape index (κ2) is 17.2. The molecule has 11 N–H and O–H groups in total. The number of aliphatic carboxylic acids is 1. The van der Waals surface area contributed by atoms with E-state index in [4.69, 9.17) is 17.2 Å². The van der Waals surface area contributed by atoms with Gasteiger partial charge in [0, 0.05) is 24.9 Å². The van der Waals surface area contributed by atoms with Crippen LogP contribution >= 0.6 is 11.8 Å². The summed E-state index contributed by atoms with van der Waals surface area (Å²) in [6, 6.07) is -4.07. The van der Waals surface area contributed by atoms with Crippen LogP contribution in [0.2, 0.25) is 0 Å². The summed E-state index contributed by atoms with van der Waals surface area (Å²) in [6.07, 6.45) is 5.91. The number of nitrogens with two attached hydrogens (primary N) is 3. The van der Waals surface area contributed by atoms with Crippen LogP contribution in [-0.2, 0) is 25.6 Å². The smallest absolute Gasteiger partial charge is 0.326 e. The number of H-pyrrole nitrogens is 1. The van der Waals surface area contributed by atoms with Crippen LogP contribution in [0.15, 0.2) is 17.5 Å². The van der Waals surface area contributed by atoms with Crippen LogP contribution in [0.3, 0.4) is 0 Å². The van der Waals surface area contributed by atoms with Gasteiger partial charge in [0.2, 0.25) is 17.7 Å². The molecule has 4 unspecified atom stereocenters. The number of aromatic nitrogens is 2. The van der Waals surface area contributed by atoms with Crippen molar-refractivity contribution >= 4 is 41.4 Å². The highest BCUT2D eigenvalue weighted by atomic mass is 32.2. The fourth-order valence-electron chi connectivity index (χ4n) is 3.53. The highest BCUT2D eigenvalue weighted by Gasteiger charge is 2.30. The van der Waals surface area contributed by atoms with Gasteiger partial charge in [-0.05, 0) is 43.6 Å². The SMILES string of the molecule is CSCCC(NC(=O)C(N)CC(C)C)C(=O)NC(CCCN=C(N)N)C(=O)NC(Cc1cnc[nH]1)C(=O)O. The summed E-state index contributed by atoms with van der Waals surface area (Å²) in [6.45, 7) is 4.08. The highest BCUT2D eigenvalue weighted by molar-refractivity contribution is 7.98. The van der Waals surface area contributed by atoms with E-state index in [2.05, 4.69) is 30.9 Å². The first kappa shape index (κ1) is 32.7. The van der Waals surface area contributed by atoms with E-state index in [1.165, 1.54) is 24.3 Å². The van der Waals surface area contributed by atoms with Crippen molar-refractivity contribution < 1.29 is 24.3 Å². The van der Waals surface area contributed by atoms with Crippen molar-refractivity contribution in [2.24, 2.45) is 28.1 Å². The number of hydrogen-bond donors (Lipinski definition) is 8. The number of rotatable bonds is 18. The number of aliphatic imine (C=N–C) groups is 1. The molecule has 0 aliphatic rings. The number of carbonyl (C=O) groups is 4. The molecule has 0 spiro atoms. The summed E-state index contributed by atoms with van der Waals surface area (Å²) in [5.74, 6) is -2.32. The Kier molecular flexibility index (Phi) is 14.8. The fourth-order valence-corrected chi connectivity index (χ4v) is 4.00. The topological polar surface area (TPSA) is 244 Å². The van der Waals surface area contributed by atoms with Crippen molar-refractivity contribution in [3.63, 3.8) is 0 Å². The van der Waals surface area contributed by atoms with Gasteiger partial charge in [-0.25, -0.2) is 9.78 Å². The van der Waals surface area contributed by atoms with E-state index in [0.29, 0.717) is 30.7 Å². The molecule has 14 nitrogen and oxygen atoms in total. The molecular weight excluding hydrogens is 514 g/mol. The van der Waals surface area contributed by atoms with E-state index in [-0.39, 0.29) is 31.3 Å². The molecule has 1 aromatic rings. The zero-order valence-electron chi connectivity index (χ0n) is 22.1. The average Bonchev–Trinajstić information content (AvgIpc) is 3.35. The molecule has 4 atom stereocenters. The number of carbonyl (C=O) groups excluding carboxylic acids is 3. The van der Waals surface area contributed by atoms with Gasteiger partial charge in [0.15, 0.2) is 5.96 Å². The van der Waals surface area contributed by atoms with Crippen LogP contribution in [0.1, 0.15) is 45.2 Å². The van der Waals surface area contributed by atoms with Crippen LogP contribution in [0.5, 0.6) is 0 Å². The van der Waals surface area contributed by atoms with E-state index in [1.807, 2.05) is 20.1 Å². The molecule has 0 radical (unpaired) electrons. The molecule has 1 aromatic heterocycles. The molecule has 0 aliphatic carbocycles. The maximum atomic E-state index is 13.2. The molecule has 0 fully saturated rings. The molecule has 15 heteroatoms. The predicted molar refractivity (Wildman–Crippen MR) is 146 cm³/mol. The van der Waals surface area contributed by atoms with Gasteiger partial charge in [-0.2, -0.15) is 11.8 Å². The van der Waals surface area contributed by atoms with Crippen LogP contribution in [0, 0.1) is 5.92 Å². The first-order chi connectivity index (χ1) is 17.9. The van der Waals surface area contributed by atoms with Crippen molar-refractivity contribution in [3.05, 3.63) is 18.2 Å². The van der Waals surface area contributed by atoms with Gasteiger partial charge in [-0.15, -0.1) is 0 Å². The number of nitrogens with zero attached hydrogens (tertiary/aromatic N) is 2. The standard InChI is InChI=1S/C23H41N9O5S/c1-13(2)9-15(24)19(33)30-17(6-8-38-3)21(35)31-16(5-4-7-28-23(25)26)20(34)32-18(22(36)37)10-14-11-27-12-29-14/h11-13,15-18H,4-10,24H2,1-3H3,(H,27,29)(H,30,33)(H,31,35)(H,32,34)(H,36,37)(H4,25,26,28). The number of thioether (sulfide) groups is 1. The summed E-state index contributed by atoms with van der Waals surface area (Å²) in [5.41, 5.74) is 17.2. The molecule has 0 bridgehead atoms. The summed E-state index contributed by atoms with van der Waals surface area (Å²) in [4.78, 5) is 61.3. The minimum absolute atomic E-state index is 0.0319. The average molecular weight is 556 g/mol. The maximum absolute atomic E-state index is 13.2. The normalized spacial score (nSPS) is 14.1. The van der Waals surface area contributed by atoms with Gasteiger partial charge in [-0.1, -0.05) is 13.8 Å². The van der Waals surface area contributed by atoms with Gasteiger partial charge in [-0.3, -0.25) is 19.4 Å². The van der Waals surface area contributed by atoms with Crippen LogP contribution in [0.4, 0.5) is 0 Å². The third-order valence-corrected chi connectivity index (χ3v) is 6.12. The summed E-state index contributed by atoms with van der Waals surface area (Å²) in [7, 11) is 0. The molecule has 1 heterocycles. The molecule has 0 aromatic carbocycles. The summed E-state index contributed by atoms with van der Waals surface area (Å²) >= 11 is 1.50. The van der Waals surface area contributed by atoms with Crippen molar-refractivity contribution in [2.75, 3.05) is 18.6 Å². The second-order valence-electron chi connectivity index (χ2n) is 9.27. The third-order valence-electron chi connectivity index (χ3n) is 5.48. The molecule has 3 amide bonds. The van der Waals surface area contributed by atoms with Gasteiger partial charge >= 0.3 is 5.97 Å². The summed E-state index contributed by atoms with van der Waals surface area (Å²) in [5, 5.41) is 17.4. The Balaban J connectivity index is 3.02. The number of carboxylic acid groups (broad SMARTS) is 1. The number of nitrogens with one attached hydrogen (secondary N) is 4. The lowest BCUT2D eigenvalue weighted by atomic mass is 10.0. The Bertz CT molecular complexity index is 922. The Morgan fingerprint density at radius 3 is 2.18 bits per heavy atom. The maximum Gasteiger partial charge on any atom is 0.326 e. The van der Waals surface area contributed by atoms with Gasteiger partial charge in [0.25, 0.3) is 0 Å². The lowest BCUT2D eigenvalue weighted by Crippen LogP contribution is -2.57. The number of imidazole rings is 1. The lowest BCUT2D eigenvalue weighted by Gasteiger charge is -2.25. The van der Waals surface area contributed by atoms with E-state index in [1.54, 1.807) is 0 Å². The Labute approximate surface area is 226 Å². The fraction of sp³-hybridized carbons (Fsp3) is 0.652. The van der Waals surface area contributed by atoms with E-state index < -0.39 is 47.9 Å². The number of carboxylic acids is 1. The van der Waals surface area contributed by atoms with E-state index in [0.717, 1.165) is 0 Å². The minimum atomic E-state index is -1.26. The molecule has 0 aliphatic heterocycles. The molecule has 0 saturated heterocycles. The molecule has 38 heavy (non-hydrogen) atoms. The first-order valence-corrected chi connectivity index (χ1v) is 13.7. The quantitative estimate of drug-likeness (QED) is 0.0602. The first-order valence-electron chi connectivity index (χ1n) is 12.4. The number of amides is 3. The van der Waals surface area contributed by atoms with Gasteiger partial charge in [0.05, 0.1) is 12.4 Å².